The average molecular weight is 271 g/mol. The number of nitrogens with zero attached hydrogens (tertiary/aromatic N) is 2. The van der Waals surface area contributed by atoms with Crippen molar-refractivity contribution >= 4 is 23.2 Å². The summed E-state index contributed by atoms with van der Waals surface area (Å²) in [4.78, 5) is 2.00. The maximum atomic E-state index is 6.10. The van der Waals surface area contributed by atoms with Crippen LogP contribution in [0.2, 0.25) is 10.0 Å². The van der Waals surface area contributed by atoms with Crippen molar-refractivity contribution in [3.8, 4) is 11.3 Å². The van der Waals surface area contributed by atoms with E-state index in [1.165, 1.54) is 0 Å². The highest BCUT2D eigenvalue weighted by atomic mass is 35.5. The van der Waals surface area contributed by atoms with Crippen LogP contribution in [0.25, 0.3) is 11.3 Å². The summed E-state index contributed by atoms with van der Waals surface area (Å²) in [6.07, 6.45) is 0. The molecule has 0 spiro atoms. The monoisotopic (exact) mass is 270 g/mol. The number of aromatic nitrogens is 1. The van der Waals surface area contributed by atoms with Gasteiger partial charge in [-0.25, -0.2) is 0 Å². The molecule has 2 aromatic rings. The summed E-state index contributed by atoms with van der Waals surface area (Å²) in [5.74, 6) is 0.779. The fourth-order valence-electron chi connectivity index (χ4n) is 1.56. The molecule has 0 amide bonds. The Hall–Kier alpha value is -1.03. The van der Waals surface area contributed by atoms with Crippen LogP contribution in [0.4, 0.5) is 0 Å². The molecule has 0 aliphatic rings. The second-order valence-electron chi connectivity index (χ2n) is 4.01. The lowest BCUT2D eigenvalue weighted by atomic mass is 10.1. The van der Waals surface area contributed by atoms with Crippen LogP contribution in [0.15, 0.2) is 28.8 Å². The molecule has 0 saturated heterocycles. The lowest BCUT2D eigenvalue weighted by Gasteiger charge is -2.04. The van der Waals surface area contributed by atoms with E-state index in [-0.39, 0.29) is 0 Å². The van der Waals surface area contributed by atoms with Crippen molar-refractivity contribution in [1.29, 1.82) is 0 Å². The van der Waals surface area contributed by atoms with Gasteiger partial charge in [-0.2, -0.15) is 0 Å². The van der Waals surface area contributed by atoms with Crippen LogP contribution in [0, 0.1) is 0 Å². The maximum absolute atomic E-state index is 6.10. The number of rotatable bonds is 3. The van der Waals surface area contributed by atoms with Crippen molar-refractivity contribution in [1.82, 2.24) is 10.1 Å². The molecular formula is C12H12Cl2N2O. The van der Waals surface area contributed by atoms with E-state index < -0.39 is 0 Å². The largest absolute Gasteiger partial charge is 0.359 e. The molecule has 0 bridgehead atoms. The Morgan fingerprint density at radius 2 is 1.88 bits per heavy atom. The van der Waals surface area contributed by atoms with Gasteiger partial charge in [0.25, 0.3) is 0 Å². The molecule has 1 aromatic carbocycles. The second-order valence-corrected chi connectivity index (χ2v) is 4.83. The second kappa shape index (κ2) is 5.08. The summed E-state index contributed by atoms with van der Waals surface area (Å²) >= 11 is 12.2. The zero-order valence-electron chi connectivity index (χ0n) is 9.58. The van der Waals surface area contributed by atoms with E-state index in [1.54, 1.807) is 18.2 Å². The molecule has 2 rings (SSSR count). The molecule has 1 heterocycles. The molecule has 90 valence electrons. The highest BCUT2D eigenvalue weighted by molar-refractivity contribution is 6.39. The summed E-state index contributed by atoms with van der Waals surface area (Å²) < 4.78 is 5.23. The third-order valence-electron chi connectivity index (χ3n) is 2.25. The van der Waals surface area contributed by atoms with Crippen LogP contribution >= 0.6 is 23.2 Å². The van der Waals surface area contributed by atoms with Crippen LogP contribution in [-0.2, 0) is 6.54 Å². The number of hydrogen-bond acceptors (Lipinski definition) is 3. The minimum Gasteiger partial charge on any atom is -0.359 e. The van der Waals surface area contributed by atoms with Crippen LogP contribution in [-0.4, -0.2) is 24.2 Å². The maximum Gasteiger partial charge on any atom is 0.151 e. The third kappa shape index (κ3) is 2.80. The summed E-state index contributed by atoms with van der Waals surface area (Å²) in [6, 6.07) is 7.22. The van der Waals surface area contributed by atoms with Gasteiger partial charge in [-0.1, -0.05) is 34.4 Å². The predicted octanol–water partition coefficient (Wildman–Crippen LogP) is 3.71. The average Bonchev–Trinajstić information content (AvgIpc) is 2.65. The SMILES string of the molecule is CN(C)Cc1cc(-c2c(Cl)cccc2Cl)no1. The fraction of sp³-hybridized carbons (Fsp3) is 0.250. The molecule has 5 heteroatoms. The number of halogens is 2. The first-order chi connectivity index (χ1) is 8.08. The van der Waals surface area contributed by atoms with Gasteiger partial charge in [0.1, 0.15) is 5.69 Å². The summed E-state index contributed by atoms with van der Waals surface area (Å²) in [6.45, 7) is 0.690. The quantitative estimate of drug-likeness (QED) is 0.852. The molecule has 0 unspecified atom stereocenters. The van der Waals surface area contributed by atoms with E-state index in [9.17, 15) is 0 Å². The van der Waals surface area contributed by atoms with Gasteiger partial charge in [-0.15, -0.1) is 0 Å². The normalized spacial score (nSPS) is 11.1. The van der Waals surface area contributed by atoms with E-state index >= 15 is 0 Å². The molecule has 3 nitrogen and oxygen atoms in total. The Bertz CT molecular complexity index is 503. The molecular weight excluding hydrogens is 259 g/mol. The summed E-state index contributed by atoms with van der Waals surface area (Å²) in [5.41, 5.74) is 1.38. The molecule has 0 N–H and O–H groups in total. The topological polar surface area (TPSA) is 29.3 Å². The van der Waals surface area contributed by atoms with Crippen LogP contribution < -0.4 is 0 Å². The predicted molar refractivity (Wildman–Crippen MR) is 69.4 cm³/mol. The van der Waals surface area contributed by atoms with E-state index in [1.807, 2.05) is 25.1 Å². The van der Waals surface area contributed by atoms with E-state index in [0.29, 0.717) is 27.8 Å². The standard InChI is InChI=1S/C12H12Cl2N2O/c1-16(2)7-8-6-11(15-17-8)12-9(13)4-3-5-10(12)14/h3-6H,7H2,1-2H3. The zero-order chi connectivity index (χ0) is 12.4. The van der Waals surface area contributed by atoms with Gasteiger partial charge in [-0.05, 0) is 26.2 Å². The number of benzene rings is 1. The fourth-order valence-corrected chi connectivity index (χ4v) is 2.15. The lowest BCUT2D eigenvalue weighted by Crippen LogP contribution is -2.09. The van der Waals surface area contributed by atoms with Crippen LogP contribution in [0.5, 0.6) is 0 Å². The Morgan fingerprint density at radius 1 is 1.24 bits per heavy atom. The van der Waals surface area contributed by atoms with E-state index in [0.717, 1.165) is 5.76 Å². The Labute approximate surface area is 110 Å². The summed E-state index contributed by atoms with van der Waals surface area (Å²) in [5, 5.41) is 5.13. The van der Waals surface area contributed by atoms with Crippen LogP contribution in [0.1, 0.15) is 5.76 Å². The Kier molecular flexibility index (Phi) is 3.72. The highest BCUT2D eigenvalue weighted by Crippen LogP contribution is 2.34. The molecule has 0 aliphatic heterocycles. The Balaban J connectivity index is 2.37. The highest BCUT2D eigenvalue weighted by Gasteiger charge is 2.13. The van der Waals surface area contributed by atoms with Crippen LogP contribution in [0.3, 0.4) is 0 Å². The van der Waals surface area contributed by atoms with Gasteiger partial charge in [-0.3, -0.25) is 0 Å². The molecule has 0 atom stereocenters. The minimum absolute atomic E-state index is 0.571. The Morgan fingerprint density at radius 3 is 2.47 bits per heavy atom. The van der Waals surface area contributed by atoms with Crippen molar-refractivity contribution in [3.63, 3.8) is 0 Å². The smallest absolute Gasteiger partial charge is 0.151 e. The molecule has 0 saturated carbocycles. The van der Waals surface area contributed by atoms with Gasteiger partial charge in [0.05, 0.1) is 16.6 Å². The molecule has 0 aliphatic carbocycles. The minimum atomic E-state index is 0.571. The first-order valence-electron chi connectivity index (χ1n) is 5.12. The number of hydrogen-bond donors (Lipinski definition) is 0. The van der Waals surface area contributed by atoms with E-state index in [2.05, 4.69) is 5.16 Å². The van der Waals surface area contributed by atoms with Crippen molar-refractivity contribution in [2.75, 3.05) is 14.1 Å². The van der Waals surface area contributed by atoms with Crippen molar-refractivity contribution in [2.24, 2.45) is 0 Å². The molecule has 0 radical (unpaired) electrons. The zero-order valence-corrected chi connectivity index (χ0v) is 11.1. The molecule has 0 fully saturated rings. The lowest BCUT2D eigenvalue weighted by molar-refractivity contribution is 0.310. The van der Waals surface area contributed by atoms with Gasteiger partial charge in [0.2, 0.25) is 0 Å². The van der Waals surface area contributed by atoms with Crippen molar-refractivity contribution in [2.45, 2.75) is 6.54 Å². The van der Waals surface area contributed by atoms with E-state index in [4.69, 9.17) is 27.7 Å². The van der Waals surface area contributed by atoms with Gasteiger partial charge >= 0.3 is 0 Å². The third-order valence-corrected chi connectivity index (χ3v) is 2.88. The van der Waals surface area contributed by atoms with Crippen molar-refractivity contribution in [3.05, 3.63) is 40.1 Å². The first-order valence-corrected chi connectivity index (χ1v) is 5.88. The van der Waals surface area contributed by atoms with Gasteiger partial charge < -0.3 is 9.42 Å². The van der Waals surface area contributed by atoms with Crippen molar-refractivity contribution < 1.29 is 4.52 Å². The molecule has 1 aromatic heterocycles. The summed E-state index contributed by atoms with van der Waals surface area (Å²) in [7, 11) is 3.93. The van der Waals surface area contributed by atoms with Gasteiger partial charge in [0.15, 0.2) is 5.76 Å². The molecule has 17 heavy (non-hydrogen) atoms. The first kappa shape index (κ1) is 12.4. The van der Waals surface area contributed by atoms with Gasteiger partial charge in [0, 0.05) is 11.6 Å².